The lowest BCUT2D eigenvalue weighted by molar-refractivity contribution is 0.101. The van der Waals surface area contributed by atoms with Crippen LogP contribution in [0.3, 0.4) is 0 Å². The molecular weight excluding hydrogens is 183 g/mol. The lowest BCUT2D eigenvalue weighted by Crippen LogP contribution is -1.97. The summed E-state index contributed by atoms with van der Waals surface area (Å²) in [4.78, 5) is 11.1. The Morgan fingerprint density at radius 3 is 2.86 bits per heavy atom. The van der Waals surface area contributed by atoms with Gasteiger partial charge in [0.1, 0.15) is 12.4 Å². The molecule has 1 N–H and O–H groups in total. The van der Waals surface area contributed by atoms with Gasteiger partial charge in [0.15, 0.2) is 5.78 Å². The Bertz CT molecular complexity index is 413. The summed E-state index contributed by atoms with van der Waals surface area (Å²) in [5.41, 5.74) is 0.680. The van der Waals surface area contributed by atoms with Crippen LogP contribution in [-0.2, 0) is 0 Å². The Hall–Kier alpha value is -1.66. The molecule has 0 aliphatic heterocycles. The van der Waals surface area contributed by atoms with Gasteiger partial charge in [0.2, 0.25) is 0 Å². The lowest BCUT2D eigenvalue weighted by Gasteiger charge is -1.99. The zero-order valence-electron chi connectivity index (χ0n) is 7.67. The summed E-state index contributed by atoms with van der Waals surface area (Å²) in [6.45, 7) is 1.07. The third-order valence-electron chi connectivity index (χ3n) is 1.66. The van der Waals surface area contributed by atoms with Crippen LogP contribution in [0.25, 0.3) is 0 Å². The van der Waals surface area contributed by atoms with Gasteiger partial charge in [-0.2, -0.15) is 0 Å². The maximum atomic E-state index is 12.8. The lowest BCUT2D eigenvalue weighted by atomic mass is 10.0. The predicted molar refractivity (Wildman–Crippen MR) is 50.4 cm³/mol. The Morgan fingerprint density at radius 1 is 1.57 bits per heavy atom. The molecule has 0 saturated heterocycles. The van der Waals surface area contributed by atoms with E-state index in [1.165, 1.54) is 25.1 Å². The largest absolute Gasteiger partial charge is 0.384 e. The van der Waals surface area contributed by atoms with Crippen LogP contribution >= 0.6 is 0 Å². The van der Waals surface area contributed by atoms with E-state index in [1.807, 2.05) is 0 Å². The van der Waals surface area contributed by atoms with Crippen molar-refractivity contribution in [3.8, 4) is 11.8 Å². The molecule has 0 bridgehead atoms. The van der Waals surface area contributed by atoms with Gasteiger partial charge in [0.25, 0.3) is 0 Å². The number of aliphatic hydroxyl groups is 1. The first kappa shape index (κ1) is 10.4. The van der Waals surface area contributed by atoms with Crippen molar-refractivity contribution in [2.24, 2.45) is 0 Å². The van der Waals surface area contributed by atoms with Crippen molar-refractivity contribution in [2.75, 3.05) is 6.61 Å². The van der Waals surface area contributed by atoms with Gasteiger partial charge in [-0.25, -0.2) is 4.39 Å². The first-order valence-corrected chi connectivity index (χ1v) is 4.05. The smallest absolute Gasteiger partial charge is 0.161 e. The van der Waals surface area contributed by atoms with Crippen LogP contribution in [0.15, 0.2) is 18.2 Å². The number of benzene rings is 1. The molecule has 1 aromatic rings. The van der Waals surface area contributed by atoms with Crippen LogP contribution in [-0.4, -0.2) is 17.5 Å². The van der Waals surface area contributed by atoms with Crippen molar-refractivity contribution in [2.45, 2.75) is 6.92 Å². The van der Waals surface area contributed by atoms with Crippen LogP contribution in [0, 0.1) is 17.7 Å². The number of hydrogen-bond acceptors (Lipinski definition) is 2. The number of rotatable bonds is 1. The zero-order chi connectivity index (χ0) is 10.6. The second-order valence-electron chi connectivity index (χ2n) is 2.71. The van der Waals surface area contributed by atoms with E-state index in [0.717, 1.165) is 0 Å². The number of carbonyl (C=O) groups excluding carboxylic acids is 1. The Labute approximate surface area is 81.4 Å². The molecule has 0 atom stereocenters. The molecule has 0 fully saturated rings. The van der Waals surface area contributed by atoms with Crippen LogP contribution in [0.2, 0.25) is 0 Å². The third-order valence-corrected chi connectivity index (χ3v) is 1.66. The minimum Gasteiger partial charge on any atom is -0.384 e. The van der Waals surface area contributed by atoms with Crippen molar-refractivity contribution in [1.29, 1.82) is 0 Å². The Kier molecular flexibility index (Phi) is 3.38. The fourth-order valence-corrected chi connectivity index (χ4v) is 1.06. The highest BCUT2D eigenvalue weighted by Crippen LogP contribution is 2.10. The molecule has 0 saturated carbocycles. The van der Waals surface area contributed by atoms with Gasteiger partial charge in [0, 0.05) is 11.1 Å². The van der Waals surface area contributed by atoms with Crippen molar-refractivity contribution >= 4 is 5.78 Å². The van der Waals surface area contributed by atoms with Crippen LogP contribution in [0.4, 0.5) is 4.39 Å². The molecule has 1 aromatic carbocycles. The molecule has 3 heteroatoms. The van der Waals surface area contributed by atoms with E-state index < -0.39 is 5.82 Å². The van der Waals surface area contributed by atoms with Gasteiger partial charge < -0.3 is 5.11 Å². The fourth-order valence-electron chi connectivity index (χ4n) is 1.06. The predicted octanol–water partition coefficient (Wildman–Crippen LogP) is 1.37. The molecule has 0 aromatic heterocycles. The summed E-state index contributed by atoms with van der Waals surface area (Å²) in [5.74, 6) is 4.28. The van der Waals surface area contributed by atoms with E-state index in [-0.39, 0.29) is 12.4 Å². The first-order chi connectivity index (χ1) is 6.65. The van der Waals surface area contributed by atoms with Crippen molar-refractivity contribution in [3.63, 3.8) is 0 Å². The van der Waals surface area contributed by atoms with E-state index in [1.54, 1.807) is 0 Å². The SMILES string of the molecule is CC(=O)c1ccc(F)cc1C#CCO. The van der Waals surface area contributed by atoms with E-state index in [2.05, 4.69) is 11.8 Å². The highest BCUT2D eigenvalue weighted by atomic mass is 19.1. The highest BCUT2D eigenvalue weighted by molar-refractivity contribution is 5.96. The molecule has 0 aliphatic rings. The zero-order valence-corrected chi connectivity index (χ0v) is 7.67. The van der Waals surface area contributed by atoms with Crippen LogP contribution in [0.5, 0.6) is 0 Å². The minimum absolute atomic E-state index is 0.174. The van der Waals surface area contributed by atoms with E-state index >= 15 is 0 Å². The summed E-state index contributed by atoms with van der Waals surface area (Å²) >= 11 is 0. The topological polar surface area (TPSA) is 37.3 Å². The first-order valence-electron chi connectivity index (χ1n) is 4.05. The molecule has 0 spiro atoms. The molecule has 0 aliphatic carbocycles. The maximum absolute atomic E-state index is 12.8. The number of carbonyl (C=O) groups is 1. The van der Waals surface area contributed by atoms with E-state index in [9.17, 15) is 9.18 Å². The highest BCUT2D eigenvalue weighted by Gasteiger charge is 2.05. The number of halogens is 1. The quantitative estimate of drug-likeness (QED) is 0.539. The second kappa shape index (κ2) is 4.54. The number of Topliss-reactive ketones (excluding diaryl/α,β-unsaturated/α-hetero) is 1. The molecule has 0 heterocycles. The van der Waals surface area contributed by atoms with Crippen LogP contribution in [0.1, 0.15) is 22.8 Å². The molecule has 0 radical (unpaired) electrons. The van der Waals surface area contributed by atoms with Gasteiger partial charge in [-0.15, -0.1) is 0 Å². The summed E-state index contributed by atoms with van der Waals surface area (Å²) in [6.07, 6.45) is 0. The second-order valence-corrected chi connectivity index (χ2v) is 2.71. The van der Waals surface area contributed by atoms with Crippen molar-refractivity contribution in [3.05, 3.63) is 35.1 Å². The maximum Gasteiger partial charge on any atom is 0.161 e. The molecular formula is C11H9FO2. The van der Waals surface area contributed by atoms with Crippen molar-refractivity contribution in [1.82, 2.24) is 0 Å². The van der Waals surface area contributed by atoms with E-state index in [4.69, 9.17) is 5.11 Å². The Balaban J connectivity index is 3.22. The Morgan fingerprint density at radius 2 is 2.29 bits per heavy atom. The van der Waals surface area contributed by atoms with E-state index in [0.29, 0.717) is 11.1 Å². The monoisotopic (exact) mass is 192 g/mol. The summed E-state index contributed by atoms with van der Waals surface area (Å²) in [6, 6.07) is 3.78. The summed E-state index contributed by atoms with van der Waals surface area (Å²) in [7, 11) is 0. The average Bonchev–Trinajstić information content (AvgIpc) is 2.14. The molecule has 1 rings (SSSR count). The summed E-state index contributed by atoms with van der Waals surface area (Å²) < 4.78 is 12.8. The molecule has 0 amide bonds. The number of hydrogen-bond donors (Lipinski definition) is 1. The molecule has 72 valence electrons. The average molecular weight is 192 g/mol. The fraction of sp³-hybridized carbons (Fsp3) is 0.182. The van der Waals surface area contributed by atoms with Gasteiger partial charge in [-0.3, -0.25) is 4.79 Å². The minimum atomic E-state index is -0.447. The summed E-state index contributed by atoms with van der Waals surface area (Å²) in [5, 5.41) is 8.47. The van der Waals surface area contributed by atoms with Gasteiger partial charge in [0.05, 0.1) is 0 Å². The van der Waals surface area contributed by atoms with Crippen LogP contribution < -0.4 is 0 Å². The normalized spacial score (nSPS) is 9.07. The van der Waals surface area contributed by atoms with Gasteiger partial charge >= 0.3 is 0 Å². The standard InChI is InChI=1S/C11H9FO2/c1-8(14)11-5-4-10(12)7-9(11)3-2-6-13/h4-5,7,13H,6H2,1H3. The molecule has 2 nitrogen and oxygen atoms in total. The molecule has 0 unspecified atom stereocenters. The molecule has 14 heavy (non-hydrogen) atoms. The van der Waals surface area contributed by atoms with Gasteiger partial charge in [-0.1, -0.05) is 11.8 Å². The van der Waals surface area contributed by atoms with Gasteiger partial charge in [-0.05, 0) is 25.1 Å². The third kappa shape index (κ3) is 2.41. The number of aliphatic hydroxyl groups excluding tert-OH is 1. The number of ketones is 1. The van der Waals surface area contributed by atoms with Crippen molar-refractivity contribution < 1.29 is 14.3 Å².